The Labute approximate surface area is 99.9 Å². The average molecular weight is 238 g/mol. The Kier molecular flexibility index (Phi) is 4.90. The minimum Gasteiger partial charge on any atom is -0.480 e. The van der Waals surface area contributed by atoms with Crippen molar-refractivity contribution in [3.05, 3.63) is 34.2 Å². The van der Waals surface area contributed by atoms with E-state index in [4.69, 9.17) is 10.8 Å². The van der Waals surface area contributed by atoms with Gasteiger partial charge in [0.1, 0.15) is 6.04 Å². The molecule has 1 heterocycles. The minimum absolute atomic E-state index is 0.00616. The zero-order valence-electron chi connectivity index (χ0n) is 9.93. The standard InChI is InChI=1S/C12H18N2O3/c1-9-8-10(15)5-7-14(9)6-3-2-4-11(13)12(16)17/h5,7-8,11H,2-4,6,13H2,1H3,(H,16,17)/t11-/m1/s1. The SMILES string of the molecule is Cc1cc(=O)ccn1CCCC[C@@H](N)C(=O)O. The molecule has 3 N–H and O–H groups in total. The lowest BCUT2D eigenvalue weighted by atomic mass is 10.1. The molecule has 0 saturated heterocycles. The predicted molar refractivity (Wildman–Crippen MR) is 64.9 cm³/mol. The van der Waals surface area contributed by atoms with E-state index < -0.39 is 12.0 Å². The molecule has 1 aromatic heterocycles. The molecule has 0 radical (unpaired) electrons. The average Bonchev–Trinajstić information content (AvgIpc) is 2.26. The first-order valence-electron chi connectivity index (χ1n) is 5.66. The van der Waals surface area contributed by atoms with Crippen molar-refractivity contribution >= 4 is 5.97 Å². The first-order chi connectivity index (χ1) is 8.00. The summed E-state index contributed by atoms with van der Waals surface area (Å²) >= 11 is 0. The number of nitrogens with zero attached hydrogens (tertiary/aromatic N) is 1. The van der Waals surface area contributed by atoms with Gasteiger partial charge in [0, 0.05) is 30.6 Å². The molecule has 5 heteroatoms. The van der Waals surface area contributed by atoms with Gasteiger partial charge in [-0.3, -0.25) is 9.59 Å². The third-order valence-corrected chi connectivity index (χ3v) is 2.70. The van der Waals surface area contributed by atoms with E-state index in [0.717, 1.165) is 25.1 Å². The Hall–Kier alpha value is -1.62. The number of pyridine rings is 1. The van der Waals surface area contributed by atoms with Crippen LogP contribution in [0.2, 0.25) is 0 Å². The highest BCUT2D eigenvalue weighted by atomic mass is 16.4. The molecule has 0 fully saturated rings. The first-order valence-corrected chi connectivity index (χ1v) is 5.66. The normalized spacial score (nSPS) is 12.4. The van der Waals surface area contributed by atoms with Gasteiger partial charge < -0.3 is 15.4 Å². The fourth-order valence-corrected chi connectivity index (χ4v) is 1.64. The van der Waals surface area contributed by atoms with E-state index in [2.05, 4.69) is 0 Å². The maximum atomic E-state index is 11.0. The van der Waals surface area contributed by atoms with Crippen molar-refractivity contribution in [3.63, 3.8) is 0 Å². The number of hydrogen-bond donors (Lipinski definition) is 2. The minimum atomic E-state index is -0.954. The van der Waals surface area contributed by atoms with Crippen LogP contribution in [0.1, 0.15) is 25.0 Å². The summed E-state index contributed by atoms with van der Waals surface area (Å²) in [7, 11) is 0. The van der Waals surface area contributed by atoms with Crippen LogP contribution in [-0.2, 0) is 11.3 Å². The highest BCUT2D eigenvalue weighted by Gasteiger charge is 2.09. The van der Waals surface area contributed by atoms with Crippen molar-refractivity contribution in [3.8, 4) is 0 Å². The second-order valence-corrected chi connectivity index (χ2v) is 4.14. The number of nitrogens with two attached hydrogens (primary N) is 1. The van der Waals surface area contributed by atoms with Crippen LogP contribution in [0.25, 0.3) is 0 Å². The molecule has 0 unspecified atom stereocenters. The van der Waals surface area contributed by atoms with E-state index in [-0.39, 0.29) is 5.43 Å². The molecule has 0 bridgehead atoms. The maximum absolute atomic E-state index is 11.0. The summed E-state index contributed by atoms with van der Waals surface area (Å²) in [4.78, 5) is 21.5. The number of aryl methyl sites for hydroxylation is 2. The zero-order chi connectivity index (χ0) is 12.8. The van der Waals surface area contributed by atoms with Crippen molar-refractivity contribution in [2.45, 2.75) is 38.8 Å². The Morgan fingerprint density at radius 1 is 1.53 bits per heavy atom. The summed E-state index contributed by atoms with van der Waals surface area (Å²) in [5, 5.41) is 8.61. The van der Waals surface area contributed by atoms with Gasteiger partial charge in [-0.05, 0) is 26.2 Å². The zero-order valence-corrected chi connectivity index (χ0v) is 9.93. The predicted octanol–water partition coefficient (Wildman–Crippen LogP) is 0.739. The number of carboxylic acids is 1. The fourth-order valence-electron chi connectivity index (χ4n) is 1.64. The summed E-state index contributed by atoms with van der Waals surface area (Å²) in [6.07, 6.45) is 3.85. The fraction of sp³-hybridized carbons (Fsp3) is 0.500. The molecule has 1 rings (SSSR count). The Morgan fingerprint density at radius 3 is 2.82 bits per heavy atom. The molecule has 0 aliphatic carbocycles. The van der Waals surface area contributed by atoms with Crippen LogP contribution < -0.4 is 11.2 Å². The molecule has 0 aliphatic heterocycles. The second kappa shape index (κ2) is 6.20. The number of hydrogen-bond acceptors (Lipinski definition) is 3. The Morgan fingerprint density at radius 2 is 2.24 bits per heavy atom. The summed E-state index contributed by atoms with van der Waals surface area (Å²) in [5.41, 5.74) is 6.32. The van der Waals surface area contributed by atoms with Crippen molar-refractivity contribution < 1.29 is 9.90 Å². The van der Waals surface area contributed by atoms with Gasteiger partial charge in [-0.1, -0.05) is 0 Å². The Balaban J connectivity index is 2.36. The second-order valence-electron chi connectivity index (χ2n) is 4.14. The topological polar surface area (TPSA) is 85.3 Å². The van der Waals surface area contributed by atoms with E-state index in [0.29, 0.717) is 6.42 Å². The molecular formula is C12H18N2O3. The van der Waals surface area contributed by atoms with Gasteiger partial charge in [-0.2, -0.15) is 0 Å². The monoisotopic (exact) mass is 238 g/mol. The lowest BCUT2D eigenvalue weighted by Gasteiger charge is -2.10. The lowest BCUT2D eigenvalue weighted by Crippen LogP contribution is -2.29. The molecule has 17 heavy (non-hydrogen) atoms. The molecule has 0 aromatic carbocycles. The summed E-state index contributed by atoms with van der Waals surface area (Å²) in [6, 6.07) is 2.34. The number of rotatable bonds is 6. The molecule has 0 saturated carbocycles. The van der Waals surface area contributed by atoms with Crippen LogP contribution in [0.5, 0.6) is 0 Å². The third kappa shape index (κ3) is 4.40. The van der Waals surface area contributed by atoms with Crippen molar-refractivity contribution in [1.82, 2.24) is 4.57 Å². The molecule has 0 aliphatic rings. The largest absolute Gasteiger partial charge is 0.480 e. The van der Waals surface area contributed by atoms with Crippen LogP contribution in [0.15, 0.2) is 23.1 Å². The molecule has 0 spiro atoms. The molecular weight excluding hydrogens is 220 g/mol. The van der Waals surface area contributed by atoms with E-state index in [9.17, 15) is 9.59 Å². The summed E-state index contributed by atoms with van der Waals surface area (Å²) in [5.74, 6) is -0.954. The van der Waals surface area contributed by atoms with Gasteiger partial charge in [0.15, 0.2) is 5.43 Å². The smallest absolute Gasteiger partial charge is 0.320 e. The van der Waals surface area contributed by atoms with Gasteiger partial charge in [-0.25, -0.2) is 0 Å². The van der Waals surface area contributed by atoms with Crippen LogP contribution in [0.4, 0.5) is 0 Å². The molecule has 94 valence electrons. The number of aromatic nitrogens is 1. The molecule has 5 nitrogen and oxygen atoms in total. The summed E-state index contributed by atoms with van der Waals surface area (Å²) in [6.45, 7) is 2.66. The van der Waals surface area contributed by atoms with Crippen LogP contribution in [-0.4, -0.2) is 21.7 Å². The van der Waals surface area contributed by atoms with Crippen LogP contribution >= 0.6 is 0 Å². The highest BCUT2D eigenvalue weighted by Crippen LogP contribution is 2.03. The first kappa shape index (κ1) is 13.4. The summed E-state index contributed by atoms with van der Waals surface area (Å²) < 4.78 is 1.98. The third-order valence-electron chi connectivity index (χ3n) is 2.70. The van der Waals surface area contributed by atoms with Crippen LogP contribution in [0, 0.1) is 6.92 Å². The Bertz CT molecular complexity index is 440. The van der Waals surface area contributed by atoms with Crippen molar-refractivity contribution in [2.24, 2.45) is 5.73 Å². The van der Waals surface area contributed by atoms with Crippen molar-refractivity contribution in [1.29, 1.82) is 0 Å². The number of unbranched alkanes of at least 4 members (excludes halogenated alkanes) is 1. The lowest BCUT2D eigenvalue weighted by molar-refractivity contribution is -0.138. The number of carbonyl (C=O) groups is 1. The van der Waals surface area contributed by atoms with Gasteiger partial charge in [-0.15, -0.1) is 0 Å². The molecule has 0 amide bonds. The van der Waals surface area contributed by atoms with E-state index in [1.54, 1.807) is 12.3 Å². The highest BCUT2D eigenvalue weighted by molar-refractivity contribution is 5.72. The molecule has 1 aromatic rings. The van der Waals surface area contributed by atoms with Crippen LogP contribution in [0.3, 0.4) is 0 Å². The number of aliphatic carboxylic acids is 1. The molecule has 1 atom stereocenters. The van der Waals surface area contributed by atoms with Gasteiger partial charge >= 0.3 is 5.97 Å². The van der Waals surface area contributed by atoms with E-state index >= 15 is 0 Å². The quantitative estimate of drug-likeness (QED) is 0.716. The number of carboxylic acid groups (broad SMARTS) is 1. The van der Waals surface area contributed by atoms with E-state index in [1.165, 1.54) is 6.07 Å². The van der Waals surface area contributed by atoms with Gasteiger partial charge in [0.25, 0.3) is 0 Å². The van der Waals surface area contributed by atoms with E-state index in [1.807, 2.05) is 11.5 Å². The van der Waals surface area contributed by atoms with Gasteiger partial charge in [0.05, 0.1) is 0 Å². The van der Waals surface area contributed by atoms with Crippen molar-refractivity contribution in [2.75, 3.05) is 0 Å². The maximum Gasteiger partial charge on any atom is 0.320 e. The van der Waals surface area contributed by atoms with Gasteiger partial charge in [0.2, 0.25) is 0 Å².